The Hall–Kier alpha value is -1.98. The second kappa shape index (κ2) is 3.41. The molecule has 5 nitrogen and oxygen atoms in total. The van der Waals surface area contributed by atoms with Crippen LogP contribution < -0.4 is 5.73 Å². The number of ketones is 1. The van der Waals surface area contributed by atoms with E-state index in [4.69, 9.17) is 5.73 Å². The van der Waals surface area contributed by atoms with Crippen molar-refractivity contribution in [1.29, 1.82) is 0 Å². The van der Waals surface area contributed by atoms with E-state index in [0.717, 1.165) is 19.1 Å². The Labute approximate surface area is 78.5 Å². The van der Waals surface area contributed by atoms with Crippen molar-refractivity contribution >= 4 is 17.2 Å². The molecule has 0 aliphatic carbocycles. The minimum atomic E-state index is -0.932. The van der Waals surface area contributed by atoms with Gasteiger partial charge in [-0.05, 0) is 19.1 Å². The smallest absolute Gasteiger partial charge is 0.305 e. The van der Waals surface area contributed by atoms with Crippen LogP contribution >= 0.6 is 0 Å². The van der Waals surface area contributed by atoms with E-state index in [-0.39, 0.29) is 5.69 Å². The molecular formula is C8H7FN2O3. The first kappa shape index (κ1) is 10.1. The van der Waals surface area contributed by atoms with Gasteiger partial charge in [0.1, 0.15) is 17.1 Å². The van der Waals surface area contributed by atoms with E-state index in [0.29, 0.717) is 0 Å². The fourth-order valence-corrected chi connectivity index (χ4v) is 1.11. The number of nitro groups is 1. The van der Waals surface area contributed by atoms with E-state index < -0.39 is 27.8 Å². The Morgan fingerprint density at radius 3 is 2.50 bits per heavy atom. The number of nitrogen functional groups attached to an aromatic ring is 1. The monoisotopic (exact) mass is 198 g/mol. The zero-order valence-corrected chi connectivity index (χ0v) is 7.28. The first-order chi connectivity index (χ1) is 6.45. The minimum absolute atomic E-state index is 0.221. The molecule has 0 heterocycles. The zero-order valence-electron chi connectivity index (χ0n) is 7.28. The molecule has 0 bridgehead atoms. The van der Waals surface area contributed by atoms with Crippen molar-refractivity contribution in [3.63, 3.8) is 0 Å². The Morgan fingerprint density at radius 2 is 2.14 bits per heavy atom. The van der Waals surface area contributed by atoms with Crippen molar-refractivity contribution in [2.75, 3.05) is 5.73 Å². The van der Waals surface area contributed by atoms with Gasteiger partial charge in [0.15, 0.2) is 5.78 Å². The van der Waals surface area contributed by atoms with Crippen LogP contribution in [0, 0.1) is 15.9 Å². The molecule has 0 aromatic heterocycles. The summed E-state index contributed by atoms with van der Waals surface area (Å²) in [5.41, 5.74) is 3.80. The third-order valence-electron chi connectivity index (χ3n) is 1.69. The van der Waals surface area contributed by atoms with Gasteiger partial charge in [-0.2, -0.15) is 0 Å². The van der Waals surface area contributed by atoms with Crippen LogP contribution in [0.15, 0.2) is 12.1 Å². The summed E-state index contributed by atoms with van der Waals surface area (Å²) in [5, 5.41) is 10.5. The molecule has 1 aromatic rings. The summed E-state index contributed by atoms with van der Waals surface area (Å²) >= 11 is 0. The number of hydrogen-bond acceptors (Lipinski definition) is 4. The van der Waals surface area contributed by atoms with E-state index in [1.165, 1.54) is 0 Å². The van der Waals surface area contributed by atoms with Gasteiger partial charge in [0, 0.05) is 0 Å². The fraction of sp³-hybridized carbons (Fsp3) is 0.125. The summed E-state index contributed by atoms with van der Waals surface area (Å²) < 4.78 is 13.1. The quantitative estimate of drug-likeness (QED) is 0.338. The summed E-state index contributed by atoms with van der Waals surface area (Å²) in [5.74, 6) is -1.65. The predicted octanol–water partition coefficient (Wildman–Crippen LogP) is 1.52. The van der Waals surface area contributed by atoms with Crippen LogP contribution in [0.3, 0.4) is 0 Å². The Morgan fingerprint density at radius 1 is 1.57 bits per heavy atom. The number of carbonyl (C=O) groups is 1. The lowest BCUT2D eigenvalue weighted by Gasteiger charge is -2.02. The van der Waals surface area contributed by atoms with E-state index >= 15 is 0 Å². The van der Waals surface area contributed by atoms with Gasteiger partial charge in [-0.1, -0.05) is 0 Å². The van der Waals surface area contributed by atoms with Gasteiger partial charge in [0.05, 0.1) is 4.92 Å². The Balaban J connectivity index is 3.58. The predicted molar refractivity (Wildman–Crippen MR) is 47.5 cm³/mol. The molecular weight excluding hydrogens is 191 g/mol. The van der Waals surface area contributed by atoms with Crippen molar-refractivity contribution in [3.8, 4) is 0 Å². The van der Waals surface area contributed by atoms with Crippen molar-refractivity contribution in [3.05, 3.63) is 33.6 Å². The van der Waals surface area contributed by atoms with E-state index in [9.17, 15) is 19.3 Å². The summed E-state index contributed by atoms with van der Waals surface area (Å²) in [7, 11) is 0. The van der Waals surface area contributed by atoms with Crippen molar-refractivity contribution in [2.24, 2.45) is 0 Å². The number of nitro benzene ring substituents is 1. The molecule has 0 saturated carbocycles. The number of Topliss-reactive ketones (excluding diaryl/α,β-unsaturated/α-hetero) is 1. The Bertz CT molecular complexity index is 378. The number of nitrogens with two attached hydrogens (primary N) is 1. The van der Waals surface area contributed by atoms with Crippen LogP contribution in [0.5, 0.6) is 0 Å². The number of anilines is 1. The standard InChI is InChI=1S/C8H7FN2O3/c1-4(12)7-5(9)2-3-6(10)8(7)11(13)14/h2-3H,10H2,1H3. The normalized spacial score (nSPS) is 9.86. The number of halogens is 1. The Kier molecular flexibility index (Phi) is 2.46. The summed E-state index contributed by atoms with van der Waals surface area (Å²) in [6, 6.07) is 1.99. The molecule has 0 unspecified atom stereocenters. The summed E-state index contributed by atoms with van der Waals surface area (Å²) in [6.07, 6.45) is 0. The highest BCUT2D eigenvalue weighted by Gasteiger charge is 2.24. The van der Waals surface area contributed by atoms with E-state index in [1.54, 1.807) is 0 Å². The van der Waals surface area contributed by atoms with Gasteiger partial charge < -0.3 is 5.73 Å². The molecule has 0 amide bonds. The maximum Gasteiger partial charge on any atom is 0.305 e. The maximum atomic E-state index is 13.1. The highest BCUT2D eigenvalue weighted by Crippen LogP contribution is 2.28. The molecule has 0 aliphatic heterocycles. The third kappa shape index (κ3) is 1.54. The molecule has 1 aromatic carbocycles. The maximum absolute atomic E-state index is 13.1. The van der Waals surface area contributed by atoms with Crippen molar-refractivity contribution < 1.29 is 14.1 Å². The summed E-state index contributed by atoms with van der Waals surface area (Å²) in [6.45, 7) is 1.05. The first-order valence-electron chi connectivity index (χ1n) is 3.68. The molecule has 74 valence electrons. The van der Waals surface area contributed by atoms with E-state index in [2.05, 4.69) is 0 Å². The number of carbonyl (C=O) groups excluding carboxylic acids is 1. The van der Waals surface area contributed by atoms with Crippen molar-refractivity contribution in [1.82, 2.24) is 0 Å². The molecule has 2 N–H and O–H groups in total. The molecule has 0 radical (unpaired) electrons. The highest BCUT2D eigenvalue weighted by molar-refractivity contribution is 6.00. The largest absolute Gasteiger partial charge is 0.393 e. The molecule has 0 fully saturated rings. The lowest BCUT2D eigenvalue weighted by Crippen LogP contribution is -2.06. The molecule has 0 atom stereocenters. The summed E-state index contributed by atoms with van der Waals surface area (Å²) in [4.78, 5) is 20.6. The lowest BCUT2D eigenvalue weighted by atomic mass is 10.1. The highest BCUT2D eigenvalue weighted by atomic mass is 19.1. The van der Waals surface area contributed by atoms with Crippen LogP contribution in [-0.2, 0) is 0 Å². The third-order valence-corrected chi connectivity index (χ3v) is 1.69. The fourth-order valence-electron chi connectivity index (χ4n) is 1.11. The first-order valence-corrected chi connectivity index (χ1v) is 3.68. The second-order valence-corrected chi connectivity index (χ2v) is 2.67. The number of benzene rings is 1. The molecule has 1 rings (SSSR count). The molecule has 0 spiro atoms. The van der Waals surface area contributed by atoms with E-state index in [1.807, 2.05) is 0 Å². The lowest BCUT2D eigenvalue weighted by molar-refractivity contribution is -0.384. The average molecular weight is 198 g/mol. The van der Waals surface area contributed by atoms with Gasteiger partial charge in [0.2, 0.25) is 0 Å². The van der Waals surface area contributed by atoms with Crippen LogP contribution in [0.4, 0.5) is 15.8 Å². The number of nitrogens with zero attached hydrogens (tertiary/aromatic N) is 1. The van der Waals surface area contributed by atoms with Gasteiger partial charge in [0.25, 0.3) is 0 Å². The van der Waals surface area contributed by atoms with Crippen LogP contribution in [0.1, 0.15) is 17.3 Å². The molecule has 6 heteroatoms. The topological polar surface area (TPSA) is 86.2 Å². The molecule has 0 aliphatic rings. The van der Waals surface area contributed by atoms with Gasteiger partial charge in [-0.3, -0.25) is 14.9 Å². The average Bonchev–Trinajstić information content (AvgIpc) is 2.07. The molecule has 14 heavy (non-hydrogen) atoms. The van der Waals surface area contributed by atoms with Gasteiger partial charge >= 0.3 is 5.69 Å². The number of hydrogen-bond donors (Lipinski definition) is 1. The van der Waals surface area contributed by atoms with Crippen molar-refractivity contribution in [2.45, 2.75) is 6.92 Å². The second-order valence-electron chi connectivity index (χ2n) is 2.67. The van der Waals surface area contributed by atoms with Crippen LogP contribution in [-0.4, -0.2) is 10.7 Å². The number of rotatable bonds is 2. The van der Waals surface area contributed by atoms with Crippen LogP contribution in [0.25, 0.3) is 0 Å². The van der Waals surface area contributed by atoms with Gasteiger partial charge in [-0.15, -0.1) is 0 Å². The van der Waals surface area contributed by atoms with Gasteiger partial charge in [-0.25, -0.2) is 4.39 Å². The minimum Gasteiger partial charge on any atom is -0.393 e. The zero-order chi connectivity index (χ0) is 10.9. The SMILES string of the molecule is CC(=O)c1c(F)ccc(N)c1[N+](=O)[O-]. The molecule has 0 saturated heterocycles. The van der Waals surface area contributed by atoms with Crippen LogP contribution in [0.2, 0.25) is 0 Å².